The molecule has 1 saturated heterocycles. The van der Waals surface area contributed by atoms with E-state index >= 15 is 0 Å². The van der Waals surface area contributed by atoms with Gasteiger partial charge in [-0.3, -0.25) is 14.5 Å². The quantitative estimate of drug-likeness (QED) is 0.804. The summed E-state index contributed by atoms with van der Waals surface area (Å²) in [5, 5.41) is 2.82. The maximum atomic E-state index is 12.1. The second-order valence-corrected chi connectivity index (χ2v) is 8.89. The van der Waals surface area contributed by atoms with Gasteiger partial charge >= 0.3 is 0 Å². The Morgan fingerprint density at radius 1 is 1.33 bits per heavy atom. The Balaban J connectivity index is 1.87. The summed E-state index contributed by atoms with van der Waals surface area (Å²) in [7, 11) is 0. The zero-order chi connectivity index (χ0) is 17.5. The van der Waals surface area contributed by atoms with Crippen molar-refractivity contribution in [2.45, 2.75) is 42.2 Å². The van der Waals surface area contributed by atoms with Crippen molar-refractivity contribution in [1.82, 2.24) is 14.8 Å². The summed E-state index contributed by atoms with van der Waals surface area (Å²) >= 11 is 18.4. The van der Waals surface area contributed by atoms with E-state index in [0.29, 0.717) is 32.0 Å². The lowest BCUT2D eigenvalue weighted by molar-refractivity contribution is -0.123. The fraction of sp³-hybridized carbons (Fsp3) is 0.625. The summed E-state index contributed by atoms with van der Waals surface area (Å²) in [4.78, 5) is 26.0. The highest BCUT2D eigenvalue weighted by atomic mass is 35.6. The number of likely N-dealkylation sites (tertiary alicyclic amines) is 1. The second-order valence-electron chi connectivity index (χ2n) is 6.52. The fourth-order valence-electron chi connectivity index (χ4n) is 3.78. The SMILES string of the molecule is CCC(=O)NC(N1CC2C[C@@H](C1)c1cccc(=O)n1C2)C(Cl)(Cl)Cl. The molecular weight excluding hydrogens is 373 g/mol. The van der Waals surface area contributed by atoms with E-state index < -0.39 is 9.96 Å². The van der Waals surface area contributed by atoms with Crippen LogP contribution in [0.1, 0.15) is 31.4 Å². The van der Waals surface area contributed by atoms with Gasteiger partial charge in [0, 0.05) is 43.7 Å². The van der Waals surface area contributed by atoms with Gasteiger partial charge in [-0.2, -0.15) is 0 Å². The number of fused-ring (bicyclic) bond motifs is 4. The van der Waals surface area contributed by atoms with E-state index in [2.05, 4.69) is 5.32 Å². The predicted octanol–water partition coefficient (Wildman–Crippen LogP) is 2.49. The van der Waals surface area contributed by atoms with Gasteiger partial charge in [0.25, 0.3) is 5.56 Å². The molecule has 0 radical (unpaired) electrons. The first-order valence-corrected chi connectivity index (χ1v) is 9.23. The second kappa shape index (κ2) is 6.87. The number of hydrogen-bond donors (Lipinski definition) is 1. The lowest BCUT2D eigenvalue weighted by Crippen LogP contribution is -2.60. The van der Waals surface area contributed by atoms with Gasteiger partial charge in [0.1, 0.15) is 6.17 Å². The molecule has 0 aromatic carbocycles. The van der Waals surface area contributed by atoms with E-state index in [1.54, 1.807) is 19.1 Å². The summed E-state index contributed by atoms with van der Waals surface area (Å²) in [5.41, 5.74) is 1.06. The summed E-state index contributed by atoms with van der Waals surface area (Å²) in [6.07, 6.45) is 0.659. The molecule has 1 amide bonds. The molecular formula is C16H20Cl3N3O2. The molecule has 2 bridgehead atoms. The van der Waals surface area contributed by atoms with Crippen LogP contribution in [0, 0.1) is 5.92 Å². The molecule has 3 atom stereocenters. The van der Waals surface area contributed by atoms with Crippen molar-refractivity contribution in [2.75, 3.05) is 13.1 Å². The van der Waals surface area contributed by atoms with Gasteiger partial charge < -0.3 is 9.88 Å². The molecule has 5 nitrogen and oxygen atoms in total. The van der Waals surface area contributed by atoms with E-state index in [4.69, 9.17) is 34.8 Å². The van der Waals surface area contributed by atoms with Crippen LogP contribution in [-0.4, -0.2) is 38.4 Å². The van der Waals surface area contributed by atoms with E-state index in [-0.39, 0.29) is 17.4 Å². The Bertz CT molecular complexity index is 686. The van der Waals surface area contributed by atoms with Crippen LogP contribution in [0.4, 0.5) is 0 Å². The molecule has 1 fully saturated rings. The summed E-state index contributed by atoms with van der Waals surface area (Å²) in [5.74, 6) is 0.336. The van der Waals surface area contributed by atoms with Crippen LogP contribution in [0.5, 0.6) is 0 Å². The number of nitrogens with zero attached hydrogens (tertiary/aromatic N) is 2. The number of hydrogen-bond acceptors (Lipinski definition) is 3. The van der Waals surface area contributed by atoms with Crippen LogP contribution in [-0.2, 0) is 11.3 Å². The fourth-order valence-corrected chi connectivity index (χ4v) is 4.36. The zero-order valence-electron chi connectivity index (χ0n) is 13.3. The minimum Gasteiger partial charge on any atom is -0.337 e. The van der Waals surface area contributed by atoms with E-state index in [1.807, 2.05) is 15.5 Å². The number of aromatic nitrogens is 1. The van der Waals surface area contributed by atoms with Crippen molar-refractivity contribution in [3.63, 3.8) is 0 Å². The molecule has 24 heavy (non-hydrogen) atoms. The maximum Gasteiger partial charge on any atom is 0.250 e. The summed E-state index contributed by atoms with van der Waals surface area (Å²) in [6.45, 7) is 3.75. The third kappa shape index (κ3) is 3.59. The van der Waals surface area contributed by atoms with Gasteiger partial charge in [0.2, 0.25) is 9.70 Å². The molecule has 2 aliphatic rings. The van der Waals surface area contributed by atoms with Crippen molar-refractivity contribution in [1.29, 1.82) is 0 Å². The van der Waals surface area contributed by atoms with Gasteiger partial charge in [-0.05, 0) is 18.4 Å². The average Bonchev–Trinajstić information content (AvgIpc) is 2.52. The Morgan fingerprint density at radius 3 is 2.75 bits per heavy atom. The minimum atomic E-state index is -1.62. The molecule has 0 aliphatic carbocycles. The predicted molar refractivity (Wildman–Crippen MR) is 95.6 cm³/mol. The molecule has 8 heteroatoms. The Kier molecular flexibility index (Phi) is 5.17. The van der Waals surface area contributed by atoms with Gasteiger partial charge in [0.05, 0.1) is 0 Å². The number of carbonyl (C=O) groups excluding carboxylic acids is 1. The number of piperidine rings is 1. The van der Waals surface area contributed by atoms with Gasteiger partial charge in [-0.1, -0.05) is 47.8 Å². The van der Waals surface area contributed by atoms with E-state index in [9.17, 15) is 9.59 Å². The van der Waals surface area contributed by atoms with Crippen LogP contribution < -0.4 is 10.9 Å². The van der Waals surface area contributed by atoms with Gasteiger partial charge in [0.15, 0.2) is 0 Å². The number of pyridine rings is 1. The lowest BCUT2D eigenvalue weighted by Gasteiger charge is -2.47. The first-order valence-electron chi connectivity index (χ1n) is 8.09. The highest BCUT2D eigenvalue weighted by Gasteiger charge is 2.43. The number of amides is 1. The maximum absolute atomic E-state index is 12.1. The smallest absolute Gasteiger partial charge is 0.250 e. The normalized spacial score (nSPS) is 25.0. The topological polar surface area (TPSA) is 54.3 Å². The first kappa shape index (κ1) is 18.1. The standard InChI is InChI=1S/C16H20Cl3N3O2/c1-2-13(23)20-15(16(17,18)19)21-7-10-6-11(9-21)12-4-3-5-14(24)22(12)8-10/h3-5,10-11,15H,2,6-9H2,1H3,(H,20,23)/t10?,11-,15?/m0/s1. The highest BCUT2D eigenvalue weighted by molar-refractivity contribution is 6.68. The number of carbonyl (C=O) groups is 1. The van der Waals surface area contributed by atoms with Crippen molar-refractivity contribution in [2.24, 2.45) is 5.92 Å². The average molecular weight is 393 g/mol. The molecule has 132 valence electrons. The molecule has 2 unspecified atom stereocenters. The number of rotatable bonds is 3. The number of nitrogens with one attached hydrogen (secondary N) is 1. The number of alkyl halides is 3. The first-order chi connectivity index (χ1) is 11.3. The molecule has 3 heterocycles. The minimum absolute atomic E-state index is 0.0351. The van der Waals surface area contributed by atoms with Crippen molar-refractivity contribution >= 4 is 40.7 Å². The van der Waals surface area contributed by atoms with Crippen LogP contribution in [0.25, 0.3) is 0 Å². The van der Waals surface area contributed by atoms with E-state index in [0.717, 1.165) is 12.1 Å². The van der Waals surface area contributed by atoms with Crippen molar-refractivity contribution in [3.8, 4) is 0 Å². The van der Waals surface area contributed by atoms with Crippen LogP contribution in [0.2, 0.25) is 0 Å². The van der Waals surface area contributed by atoms with E-state index in [1.165, 1.54) is 0 Å². The van der Waals surface area contributed by atoms with Crippen LogP contribution in [0.3, 0.4) is 0 Å². The van der Waals surface area contributed by atoms with Crippen molar-refractivity contribution in [3.05, 3.63) is 34.2 Å². The third-order valence-corrected chi connectivity index (χ3v) is 5.42. The highest BCUT2D eigenvalue weighted by Crippen LogP contribution is 2.39. The largest absolute Gasteiger partial charge is 0.337 e. The lowest BCUT2D eigenvalue weighted by atomic mass is 9.83. The molecule has 1 N–H and O–H groups in total. The summed E-state index contributed by atoms with van der Waals surface area (Å²) in [6, 6.07) is 5.37. The number of halogens is 3. The Hall–Kier alpha value is -0.750. The third-order valence-electron chi connectivity index (χ3n) is 4.80. The molecule has 1 aromatic rings. The Labute approximate surface area is 155 Å². The zero-order valence-corrected chi connectivity index (χ0v) is 15.6. The van der Waals surface area contributed by atoms with Crippen molar-refractivity contribution < 1.29 is 4.79 Å². The molecule has 1 aromatic heterocycles. The summed E-state index contributed by atoms with van der Waals surface area (Å²) < 4.78 is 0.234. The Morgan fingerprint density at radius 2 is 2.08 bits per heavy atom. The monoisotopic (exact) mass is 391 g/mol. The molecule has 2 aliphatic heterocycles. The van der Waals surface area contributed by atoms with Gasteiger partial charge in [-0.25, -0.2) is 0 Å². The molecule has 0 spiro atoms. The van der Waals surface area contributed by atoms with Gasteiger partial charge in [-0.15, -0.1) is 0 Å². The van der Waals surface area contributed by atoms with Crippen LogP contribution in [0.15, 0.2) is 23.0 Å². The molecule has 3 rings (SSSR count). The molecule has 0 saturated carbocycles. The van der Waals surface area contributed by atoms with Crippen LogP contribution >= 0.6 is 34.8 Å².